The quantitative estimate of drug-likeness (QED) is 0.276. The molecule has 5 rings (SSSR count). The normalized spacial score (nSPS) is 11.9. The monoisotopic (exact) mass is 523 g/mol. The van der Waals surface area contributed by atoms with Gasteiger partial charge in [0.15, 0.2) is 18.1 Å². The van der Waals surface area contributed by atoms with Crippen molar-refractivity contribution in [2.75, 3.05) is 24.8 Å². The van der Waals surface area contributed by atoms with Crippen LogP contribution in [0.5, 0.6) is 11.5 Å². The van der Waals surface area contributed by atoms with E-state index in [-0.39, 0.29) is 42.2 Å². The number of nitrogens with two attached hydrogens (primary N) is 1. The molecule has 0 atom stereocenters. The van der Waals surface area contributed by atoms with Gasteiger partial charge in [0.25, 0.3) is 11.8 Å². The zero-order valence-corrected chi connectivity index (χ0v) is 20.3. The highest BCUT2D eigenvalue weighted by Gasteiger charge is 2.18. The number of rotatable bonds is 6. The maximum atomic E-state index is 12.4. The first-order valence-corrected chi connectivity index (χ1v) is 11.3. The van der Waals surface area contributed by atoms with Gasteiger partial charge in [-0.15, -0.1) is 0 Å². The molecule has 0 radical (unpaired) electrons. The topological polar surface area (TPSA) is 174 Å². The first kappa shape index (κ1) is 25.4. The lowest BCUT2D eigenvalue weighted by Gasteiger charge is -2.18. The summed E-state index contributed by atoms with van der Waals surface area (Å²) in [7, 11) is 1.58. The molecule has 4 aromatic rings. The maximum Gasteiger partial charge on any atom is 0.272 e. The number of nitrogens with zero attached hydrogens (tertiary/aromatic N) is 3. The summed E-state index contributed by atoms with van der Waals surface area (Å²) in [5, 5.41) is 11.6. The number of aromatic nitrogens is 4. The van der Waals surface area contributed by atoms with Gasteiger partial charge < -0.3 is 25.8 Å². The lowest BCUT2D eigenvalue weighted by molar-refractivity contribution is -0.118. The van der Waals surface area contributed by atoms with Crippen LogP contribution in [-0.2, 0) is 22.6 Å². The standard InChI is InChI=1S/C15H13N7O3.C9H9ClO2/c16-14-12-11(21-22-14)13(19-6-18-12)15(24)17-4-7-1-2-9-8(3-7)20-10(23)5-25-9;1-12-8-4-2-3-7(5-8)6-9(10)11/h1-3,6H,4-5H2,(H,17,24)(H,20,23)(H3,16,21,22);2-5H,6H2,1H3. The molecule has 0 fully saturated rings. The molecule has 1 aliphatic rings. The van der Waals surface area contributed by atoms with Gasteiger partial charge in [-0.1, -0.05) is 18.2 Å². The van der Waals surface area contributed by atoms with Crippen LogP contribution in [-0.4, -0.2) is 50.9 Å². The smallest absolute Gasteiger partial charge is 0.272 e. The van der Waals surface area contributed by atoms with Crippen molar-refractivity contribution in [1.82, 2.24) is 25.5 Å². The number of halogens is 1. The summed E-state index contributed by atoms with van der Waals surface area (Å²) in [5.41, 5.74) is 8.85. The number of nitrogen functional groups attached to an aromatic ring is 1. The minimum absolute atomic E-state index is 0.000106. The van der Waals surface area contributed by atoms with Crippen LogP contribution in [0.25, 0.3) is 11.0 Å². The number of amides is 2. The molecular formula is C24H22ClN7O5. The van der Waals surface area contributed by atoms with Crippen LogP contribution in [0.15, 0.2) is 48.8 Å². The molecule has 190 valence electrons. The molecule has 0 saturated heterocycles. The molecule has 0 bridgehead atoms. The Labute approximate surface area is 215 Å². The molecular weight excluding hydrogens is 502 g/mol. The van der Waals surface area contributed by atoms with Gasteiger partial charge in [0, 0.05) is 13.0 Å². The summed E-state index contributed by atoms with van der Waals surface area (Å²) in [5.74, 6) is 0.936. The van der Waals surface area contributed by atoms with Crippen LogP contribution < -0.4 is 25.8 Å². The number of hydrogen-bond donors (Lipinski definition) is 4. The molecule has 12 nitrogen and oxygen atoms in total. The summed E-state index contributed by atoms with van der Waals surface area (Å²) >= 11 is 5.23. The van der Waals surface area contributed by atoms with E-state index in [9.17, 15) is 14.4 Å². The van der Waals surface area contributed by atoms with Crippen molar-refractivity contribution in [3.8, 4) is 11.5 Å². The summed E-state index contributed by atoms with van der Waals surface area (Å²) in [6.45, 7) is 0.247. The number of benzene rings is 2. The van der Waals surface area contributed by atoms with Gasteiger partial charge in [-0.05, 0) is 47.0 Å². The van der Waals surface area contributed by atoms with Crippen LogP contribution in [0.3, 0.4) is 0 Å². The Hall–Kier alpha value is -4.71. The molecule has 2 aromatic heterocycles. The average Bonchev–Trinajstić information content (AvgIpc) is 3.28. The fraction of sp³-hybridized carbons (Fsp3) is 0.167. The molecule has 0 unspecified atom stereocenters. The zero-order chi connectivity index (χ0) is 26.4. The van der Waals surface area contributed by atoms with Crippen molar-refractivity contribution in [2.24, 2.45) is 0 Å². The number of carbonyl (C=O) groups excluding carboxylic acids is 3. The number of ether oxygens (including phenoxy) is 2. The Morgan fingerprint density at radius 3 is 2.81 bits per heavy atom. The van der Waals surface area contributed by atoms with E-state index < -0.39 is 5.91 Å². The van der Waals surface area contributed by atoms with Crippen molar-refractivity contribution in [3.63, 3.8) is 0 Å². The molecule has 0 spiro atoms. The number of nitrogens with one attached hydrogen (secondary N) is 3. The summed E-state index contributed by atoms with van der Waals surface area (Å²) in [4.78, 5) is 42.3. The van der Waals surface area contributed by atoms with E-state index >= 15 is 0 Å². The third-order valence-electron chi connectivity index (χ3n) is 5.20. The molecule has 5 N–H and O–H groups in total. The van der Waals surface area contributed by atoms with E-state index in [1.165, 1.54) is 6.33 Å². The van der Waals surface area contributed by atoms with Crippen LogP contribution in [0.1, 0.15) is 21.6 Å². The molecule has 0 saturated carbocycles. The second kappa shape index (κ2) is 11.4. The first-order chi connectivity index (χ1) is 17.8. The molecule has 0 aliphatic carbocycles. The molecule has 3 heterocycles. The second-order valence-electron chi connectivity index (χ2n) is 7.79. The fourth-order valence-electron chi connectivity index (χ4n) is 3.48. The number of fused-ring (bicyclic) bond motifs is 2. The fourth-order valence-corrected chi connectivity index (χ4v) is 3.63. The van der Waals surface area contributed by atoms with Gasteiger partial charge >= 0.3 is 0 Å². The largest absolute Gasteiger partial charge is 0.497 e. The van der Waals surface area contributed by atoms with Crippen molar-refractivity contribution in [3.05, 3.63) is 65.6 Å². The zero-order valence-electron chi connectivity index (χ0n) is 19.6. The van der Waals surface area contributed by atoms with E-state index in [1.54, 1.807) is 31.4 Å². The van der Waals surface area contributed by atoms with E-state index in [0.29, 0.717) is 22.5 Å². The SMILES string of the molecule is COc1cccc(CC(=O)Cl)c1.Nc1n[nH]c2c(C(=O)NCc3ccc4c(c3)NC(=O)CO4)ncnc12. The number of hydrogen-bond acceptors (Lipinski definition) is 9. The Kier molecular flexibility index (Phi) is 7.79. The molecule has 13 heteroatoms. The molecule has 1 aliphatic heterocycles. The maximum absolute atomic E-state index is 12.4. The van der Waals surface area contributed by atoms with Gasteiger partial charge in [0.05, 0.1) is 12.8 Å². The third-order valence-corrected chi connectivity index (χ3v) is 5.33. The van der Waals surface area contributed by atoms with Crippen molar-refractivity contribution < 1.29 is 23.9 Å². The van der Waals surface area contributed by atoms with Crippen LogP contribution >= 0.6 is 11.6 Å². The third kappa shape index (κ3) is 6.30. The van der Waals surface area contributed by atoms with Gasteiger partial charge in [-0.25, -0.2) is 9.97 Å². The molecule has 2 amide bonds. The van der Waals surface area contributed by atoms with Crippen LogP contribution in [0.2, 0.25) is 0 Å². The highest BCUT2D eigenvalue weighted by atomic mass is 35.5. The predicted molar refractivity (Wildman–Crippen MR) is 135 cm³/mol. The predicted octanol–water partition coefficient (Wildman–Crippen LogP) is 2.20. The summed E-state index contributed by atoms with van der Waals surface area (Å²) in [6.07, 6.45) is 1.51. The average molecular weight is 524 g/mol. The second-order valence-corrected chi connectivity index (χ2v) is 8.21. The van der Waals surface area contributed by atoms with E-state index in [2.05, 4.69) is 30.8 Å². The number of carbonyl (C=O) groups is 3. The van der Waals surface area contributed by atoms with Crippen molar-refractivity contribution >= 4 is 51.2 Å². The van der Waals surface area contributed by atoms with E-state index in [4.69, 9.17) is 26.8 Å². The summed E-state index contributed by atoms with van der Waals surface area (Å²) in [6, 6.07) is 12.6. The lowest BCUT2D eigenvalue weighted by atomic mass is 10.1. The Bertz CT molecular complexity index is 1470. The Morgan fingerprint density at radius 1 is 1.19 bits per heavy atom. The number of aromatic amines is 1. The van der Waals surface area contributed by atoms with Crippen molar-refractivity contribution in [1.29, 1.82) is 0 Å². The van der Waals surface area contributed by atoms with Gasteiger partial charge in [0.2, 0.25) is 5.24 Å². The highest BCUT2D eigenvalue weighted by Crippen LogP contribution is 2.28. The van der Waals surface area contributed by atoms with Crippen LogP contribution in [0.4, 0.5) is 11.5 Å². The van der Waals surface area contributed by atoms with E-state index in [1.807, 2.05) is 18.2 Å². The van der Waals surface area contributed by atoms with Gasteiger partial charge in [-0.3, -0.25) is 19.5 Å². The van der Waals surface area contributed by atoms with Gasteiger partial charge in [0.1, 0.15) is 28.9 Å². The first-order valence-electron chi connectivity index (χ1n) is 10.9. The summed E-state index contributed by atoms with van der Waals surface area (Å²) < 4.78 is 10.3. The van der Waals surface area contributed by atoms with E-state index in [0.717, 1.165) is 16.9 Å². The number of anilines is 2. The van der Waals surface area contributed by atoms with Gasteiger partial charge in [-0.2, -0.15) is 5.10 Å². The van der Waals surface area contributed by atoms with Crippen molar-refractivity contribution in [2.45, 2.75) is 13.0 Å². The highest BCUT2D eigenvalue weighted by molar-refractivity contribution is 6.63. The minimum atomic E-state index is -0.394. The molecule has 37 heavy (non-hydrogen) atoms. The molecule has 2 aromatic carbocycles. The Morgan fingerprint density at radius 2 is 2.03 bits per heavy atom. The number of methoxy groups -OCH3 is 1. The van der Waals surface area contributed by atoms with Crippen LogP contribution in [0, 0.1) is 0 Å². The Balaban J connectivity index is 0.000000225. The lowest BCUT2D eigenvalue weighted by Crippen LogP contribution is -2.26. The minimum Gasteiger partial charge on any atom is -0.497 e. The number of H-pyrrole nitrogens is 1.